The molecule has 2 heteroatoms. The first kappa shape index (κ1) is 5.09. The molecule has 0 aliphatic carbocycles. The fraction of sp³-hybridized carbons (Fsp3) is 0.167. The summed E-state index contributed by atoms with van der Waals surface area (Å²) in [6.45, 7) is 3.90. The van der Waals surface area contributed by atoms with Gasteiger partial charge in [-0.3, -0.25) is 4.79 Å². The lowest BCUT2D eigenvalue weighted by molar-refractivity contribution is -0.113. The Morgan fingerprint density at radius 1 is 1.88 bits per heavy atom. The van der Waals surface area contributed by atoms with Crippen LogP contribution in [-0.2, 0) is 4.79 Å². The molecule has 0 unspecified atom stereocenters. The molecule has 1 heterocycles. The molecular weight excluding hydrogens is 102 g/mol. The molecule has 0 atom stereocenters. The summed E-state index contributed by atoms with van der Waals surface area (Å²) in [6.07, 6.45) is 3.23. The molecule has 0 fully saturated rings. The van der Waals surface area contributed by atoms with E-state index in [0.717, 1.165) is 0 Å². The van der Waals surface area contributed by atoms with Crippen LogP contribution in [0, 0.1) is 0 Å². The molecule has 1 aliphatic rings. The van der Waals surface area contributed by atoms with Gasteiger partial charge in [0.15, 0.2) is 5.78 Å². The molecule has 0 saturated carbocycles. The summed E-state index contributed by atoms with van der Waals surface area (Å²) in [5.74, 6) is 0.125. The van der Waals surface area contributed by atoms with Crippen LogP contribution < -0.4 is 5.32 Å². The fourth-order valence-corrected chi connectivity index (χ4v) is 0.609. The van der Waals surface area contributed by atoms with Gasteiger partial charge in [0.1, 0.15) is 0 Å². The summed E-state index contributed by atoms with van der Waals surface area (Å²) in [7, 11) is 0. The Balaban J connectivity index is 2.76. The maximum Gasteiger partial charge on any atom is 0.183 e. The number of carbonyl (C=O) groups is 1. The van der Waals surface area contributed by atoms with E-state index in [1.807, 2.05) is 0 Å². The normalized spacial score (nSPS) is 17.5. The largest absolute Gasteiger partial charge is 0.383 e. The van der Waals surface area contributed by atoms with Crippen molar-refractivity contribution in [1.82, 2.24) is 5.32 Å². The fourth-order valence-electron chi connectivity index (χ4n) is 0.609. The van der Waals surface area contributed by atoms with Crippen molar-refractivity contribution >= 4 is 5.78 Å². The maximum absolute atomic E-state index is 10.6. The van der Waals surface area contributed by atoms with Crippen LogP contribution in [0.2, 0.25) is 0 Å². The van der Waals surface area contributed by atoms with Gasteiger partial charge in [-0.05, 0) is 0 Å². The summed E-state index contributed by atoms with van der Waals surface area (Å²) in [5, 5.41) is 2.79. The highest BCUT2D eigenvalue weighted by atomic mass is 16.1. The Labute approximate surface area is 47.9 Å². The molecule has 1 rings (SSSR count). The van der Waals surface area contributed by atoms with Crippen LogP contribution in [0.25, 0.3) is 0 Å². The van der Waals surface area contributed by atoms with Crippen molar-refractivity contribution in [3.63, 3.8) is 0 Å². The van der Waals surface area contributed by atoms with E-state index in [0.29, 0.717) is 12.1 Å². The molecule has 0 bridgehead atoms. The van der Waals surface area contributed by atoms with Crippen LogP contribution in [0.4, 0.5) is 0 Å². The SMILES string of the molecule is C=CC1=CNCC1=O. The van der Waals surface area contributed by atoms with E-state index < -0.39 is 0 Å². The minimum atomic E-state index is 0.125. The van der Waals surface area contributed by atoms with Crippen LogP contribution in [-0.4, -0.2) is 12.3 Å². The van der Waals surface area contributed by atoms with E-state index in [2.05, 4.69) is 11.9 Å². The molecular formula is C6H7NO. The molecule has 1 N–H and O–H groups in total. The molecule has 0 aromatic carbocycles. The van der Waals surface area contributed by atoms with Crippen LogP contribution in [0.1, 0.15) is 0 Å². The Hall–Kier alpha value is -1.05. The lowest BCUT2D eigenvalue weighted by atomic mass is 10.2. The molecule has 0 amide bonds. The highest BCUT2D eigenvalue weighted by Gasteiger charge is 2.09. The number of nitrogens with one attached hydrogen (secondary N) is 1. The first-order valence-corrected chi connectivity index (χ1v) is 2.44. The predicted octanol–water partition coefficient (Wildman–Crippen LogP) is 0.229. The third kappa shape index (κ3) is 0.644. The summed E-state index contributed by atoms with van der Waals surface area (Å²) in [4.78, 5) is 10.6. The standard InChI is InChI=1S/C6H7NO/c1-2-5-3-7-4-6(5)8/h2-3,7H,1,4H2. The second-order valence-corrected chi connectivity index (χ2v) is 1.61. The highest BCUT2D eigenvalue weighted by Crippen LogP contribution is 1.99. The number of hydrogen-bond acceptors (Lipinski definition) is 2. The zero-order valence-electron chi connectivity index (χ0n) is 4.48. The molecule has 0 aromatic rings. The molecule has 0 radical (unpaired) electrons. The Morgan fingerprint density at radius 3 is 2.88 bits per heavy atom. The van der Waals surface area contributed by atoms with Crippen molar-refractivity contribution in [2.24, 2.45) is 0 Å². The van der Waals surface area contributed by atoms with Gasteiger partial charge in [-0.25, -0.2) is 0 Å². The van der Waals surface area contributed by atoms with Gasteiger partial charge in [-0.2, -0.15) is 0 Å². The second kappa shape index (κ2) is 1.82. The van der Waals surface area contributed by atoms with Crippen LogP contribution in [0.3, 0.4) is 0 Å². The quantitative estimate of drug-likeness (QED) is 0.522. The van der Waals surface area contributed by atoms with Crippen molar-refractivity contribution in [2.75, 3.05) is 6.54 Å². The molecule has 0 saturated heterocycles. The lowest BCUT2D eigenvalue weighted by Crippen LogP contribution is -2.07. The van der Waals surface area contributed by atoms with Crippen molar-refractivity contribution in [2.45, 2.75) is 0 Å². The summed E-state index contributed by atoms with van der Waals surface area (Å²) >= 11 is 0. The van der Waals surface area contributed by atoms with Gasteiger partial charge in [-0.15, -0.1) is 0 Å². The number of allylic oxidation sites excluding steroid dienone is 1. The van der Waals surface area contributed by atoms with Gasteiger partial charge in [0, 0.05) is 11.8 Å². The monoisotopic (exact) mass is 109 g/mol. The van der Waals surface area contributed by atoms with Gasteiger partial charge < -0.3 is 5.32 Å². The van der Waals surface area contributed by atoms with Gasteiger partial charge in [0.25, 0.3) is 0 Å². The first-order chi connectivity index (χ1) is 3.84. The average molecular weight is 109 g/mol. The first-order valence-electron chi connectivity index (χ1n) is 2.44. The van der Waals surface area contributed by atoms with Crippen LogP contribution in [0.15, 0.2) is 24.4 Å². The van der Waals surface area contributed by atoms with Crippen LogP contribution >= 0.6 is 0 Å². The minimum Gasteiger partial charge on any atom is -0.383 e. The van der Waals surface area contributed by atoms with Gasteiger partial charge in [0.2, 0.25) is 0 Å². The predicted molar refractivity (Wildman–Crippen MR) is 31.3 cm³/mol. The van der Waals surface area contributed by atoms with Gasteiger partial charge >= 0.3 is 0 Å². The minimum absolute atomic E-state index is 0.125. The Bertz CT molecular complexity index is 158. The topological polar surface area (TPSA) is 29.1 Å². The third-order valence-corrected chi connectivity index (χ3v) is 1.06. The van der Waals surface area contributed by atoms with E-state index in [4.69, 9.17) is 0 Å². The average Bonchev–Trinajstić information content (AvgIpc) is 2.14. The molecule has 0 spiro atoms. The maximum atomic E-state index is 10.6. The van der Waals surface area contributed by atoms with E-state index in [9.17, 15) is 4.79 Å². The highest BCUT2D eigenvalue weighted by molar-refractivity contribution is 6.01. The number of Topliss-reactive ketones (excluding diaryl/α,β-unsaturated/α-hetero) is 1. The number of carbonyl (C=O) groups excluding carboxylic acids is 1. The summed E-state index contributed by atoms with van der Waals surface area (Å²) < 4.78 is 0. The molecule has 42 valence electrons. The number of hydrogen-bond donors (Lipinski definition) is 1. The van der Waals surface area contributed by atoms with E-state index >= 15 is 0 Å². The van der Waals surface area contributed by atoms with E-state index in [1.54, 1.807) is 12.3 Å². The number of rotatable bonds is 1. The van der Waals surface area contributed by atoms with Crippen molar-refractivity contribution in [3.05, 3.63) is 24.4 Å². The molecule has 2 nitrogen and oxygen atoms in total. The summed E-state index contributed by atoms with van der Waals surface area (Å²) in [6, 6.07) is 0. The number of ketones is 1. The molecule has 8 heavy (non-hydrogen) atoms. The molecule has 0 aromatic heterocycles. The molecule has 1 aliphatic heterocycles. The third-order valence-electron chi connectivity index (χ3n) is 1.06. The van der Waals surface area contributed by atoms with Gasteiger partial charge in [0.05, 0.1) is 6.54 Å². The zero-order chi connectivity index (χ0) is 5.98. The Morgan fingerprint density at radius 2 is 2.62 bits per heavy atom. The van der Waals surface area contributed by atoms with Crippen LogP contribution in [0.5, 0.6) is 0 Å². The van der Waals surface area contributed by atoms with E-state index in [-0.39, 0.29) is 5.78 Å². The van der Waals surface area contributed by atoms with Crippen molar-refractivity contribution in [3.8, 4) is 0 Å². The lowest BCUT2D eigenvalue weighted by Gasteiger charge is -1.82. The van der Waals surface area contributed by atoms with E-state index in [1.165, 1.54) is 0 Å². The van der Waals surface area contributed by atoms with Crippen molar-refractivity contribution in [1.29, 1.82) is 0 Å². The van der Waals surface area contributed by atoms with Gasteiger partial charge in [-0.1, -0.05) is 12.7 Å². The Kier molecular flexibility index (Phi) is 1.16. The second-order valence-electron chi connectivity index (χ2n) is 1.61. The summed E-state index contributed by atoms with van der Waals surface area (Å²) in [5.41, 5.74) is 0.685. The zero-order valence-corrected chi connectivity index (χ0v) is 4.48. The van der Waals surface area contributed by atoms with Crippen molar-refractivity contribution < 1.29 is 4.79 Å². The smallest absolute Gasteiger partial charge is 0.183 e.